The lowest BCUT2D eigenvalue weighted by atomic mass is 9.88. The number of sulfonamides is 1. The van der Waals surface area contributed by atoms with Gasteiger partial charge in [-0.3, -0.25) is 9.59 Å². The summed E-state index contributed by atoms with van der Waals surface area (Å²) in [6.07, 6.45) is 0.727. The fourth-order valence-corrected chi connectivity index (χ4v) is 4.49. The maximum Gasteiger partial charge on any atom is 0.253 e. The molecule has 0 aromatic heterocycles. The van der Waals surface area contributed by atoms with Crippen LogP contribution >= 0.6 is 0 Å². The predicted octanol–water partition coefficient (Wildman–Crippen LogP) is 1.50. The summed E-state index contributed by atoms with van der Waals surface area (Å²) in [5.41, 5.74) is -0.209. The van der Waals surface area contributed by atoms with Gasteiger partial charge in [-0.1, -0.05) is 0 Å². The molecule has 2 N–H and O–H groups in total. The number of carbonyl (C=O) groups is 2. The van der Waals surface area contributed by atoms with Crippen molar-refractivity contribution in [3.63, 3.8) is 0 Å². The van der Waals surface area contributed by atoms with Crippen molar-refractivity contribution in [3.05, 3.63) is 29.8 Å². The van der Waals surface area contributed by atoms with Gasteiger partial charge in [0.25, 0.3) is 5.91 Å². The molecule has 2 amide bonds. The maximum absolute atomic E-state index is 12.7. The monoisotopic (exact) mass is 381 g/mol. The molecular weight excluding hydrogens is 354 g/mol. The first-order valence-electron chi connectivity index (χ1n) is 8.83. The number of piperidine rings is 1. The molecule has 1 aromatic rings. The second-order valence-electron chi connectivity index (χ2n) is 6.98. The van der Waals surface area contributed by atoms with Crippen molar-refractivity contribution in [2.24, 2.45) is 0 Å². The van der Waals surface area contributed by atoms with E-state index in [1.807, 2.05) is 13.8 Å². The number of nitrogens with zero attached hydrogens (tertiary/aromatic N) is 1. The van der Waals surface area contributed by atoms with E-state index in [0.29, 0.717) is 25.1 Å². The van der Waals surface area contributed by atoms with E-state index in [9.17, 15) is 18.0 Å². The van der Waals surface area contributed by atoms with E-state index in [2.05, 4.69) is 10.0 Å². The number of benzene rings is 1. The highest BCUT2D eigenvalue weighted by molar-refractivity contribution is 7.89. The SMILES string of the molecule is CCN(CC)C(=O)c1ccc(S(=O)(=O)NC2CCC(=O)NC2(C)C)cc1. The summed E-state index contributed by atoms with van der Waals surface area (Å²) >= 11 is 0. The highest BCUT2D eigenvalue weighted by Crippen LogP contribution is 2.22. The minimum atomic E-state index is -3.75. The van der Waals surface area contributed by atoms with E-state index < -0.39 is 21.6 Å². The molecule has 1 saturated heterocycles. The maximum atomic E-state index is 12.7. The fourth-order valence-electron chi connectivity index (χ4n) is 3.08. The first-order chi connectivity index (χ1) is 12.1. The second-order valence-corrected chi connectivity index (χ2v) is 8.70. The highest BCUT2D eigenvalue weighted by Gasteiger charge is 2.38. The number of rotatable bonds is 6. The van der Waals surface area contributed by atoms with Gasteiger partial charge in [0, 0.05) is 31.1 Å². The van der Waals surface area contributed by atoms with Crippen LogP contribution in [0.5, 0.6) is 0 Å². The molecule has 1 unspecified atom stereocenters. The molecule has 1 heterocycles. The molecule has 8 heteroatoms. The quantitative estimate of drug-likeness (QED) is 0.781. The van der Waals surface area contributed by atoms with Gasteiger partial charge in [-0.05, 0) is 58.4 Å². The Morgan fingerprint density at radius 1 is 1.23 bits per heavy atom. The molecule has 1 atom stereocenters. The molecule has 0 saturated carbocycles. The van der Waals surface area contributed by atoms with Gasteiger partial charge in [-0.15, -0.1) is 0 Å². The number of nitrogens with one attached hydrogen (secondary N) is 2. The summed E-state index contributed by atoms with van der Waals surface area (Å²) in [5, 5.41) is 2.81. The molecule has 1 fully saturated rings. The third kappa shape index (κ3) is 4.42. The number of amides is 2. The van der Waals surface area contributed by atoms with E-state index in [1.54, 1.807) is 18.7 Å². The van der Waals surface area contributed by atoms with Gasteiger partial charge in [-0.25, -0.2) is 13.1 Å². The molecule has 1 aliphatic rings. The van der Waals surface area contributed by atoms with Crippen LogP contribution in [0, 0.1) is 0 Å². The molecule has 7 nitrogen and oxygen atoms in total. The largest absolute Gasteiger partial charge is 0.350 e. The Kier molecular flexibility index (Phi) is 6.08. The number of hydrogen-bond acceptors (Lipinski definition) is 4. The van der Waals surface area contributed by atoms with E-state index in [0.717, 1.165) is 0 Å². The lowest BCUT2D eigenvalue weighted by Gasteiger charge is -2.39. The molecule has 144 valence electrons. The topological polar surface area (TPSA) is 95.6 Å². The average molecular weight is 381 g/mol. The van der Waals surface area contributed by atoms with Crippen LogP contribution in [0.3, 0.4) is 0 Å². The second kappa shape index (κ2) is 7.75. The molecule has 0 radical (unpaired) electrons. The first kappa shape index (κ1) is 20.4. The highest BCUT2D eigenvalue weighted by atomic mass is 32.2. The Hall–Kier alpha value is -1.93. The van der Waals surface area contributed by atoms with Crippen LogP contribution < -0.4 is 10.0 Å². The van der Waals surface area contributed by atoms with Crippen molar-refractivity contribution in [1.82, 2.24) is 14.9 Å². The molecule has 0 bridgehead atoms. The number of carbonyl (C=O) groups excluding carboxylic acids is 2. The summed E-state index contributed by atoms with van der Waals surface area (Å²) in [6, 6.07) is 5.54. The van der Waals surface area contributed by atoms with E-state index in [1.165, 1.54) is 24.3 Å². The van der Waals surface area contributed by atoms with Gasteiger partial charge >= 0.3 is 0 Å². The molecule has 2 rings (SSSR count). The van der Waals surface area contributed by atoms with E-state index in [-0.39, 0.29) is 23.1 Å². The van der Waals surface area contributed by atoms with Crippen LogP contribution in [0.2, 0.25) is 0 Å². The third-order valence-corrected chi connectivity index (χ3v) is 6.24. The standard InChI is InChI=1S/C18H27N3O4S/c1-5-21(6-2)17(23)13-7-9-14(10-8-13)26(24,25)20-15-11-12-16(22)19-18(15,3)4/h7-10,15,20H,5-6,11-12H2,1-4H3,(H,19,22). The molecular formula is C18H27N3O4S. The smallest absolute Gasteiger partial charge is 0.253 e. The lowest BCUT2D eigenvalue weighted by Crippen LogP contribution is -2.61. The van der Waals surface area contributed by atoms with E-state index >= 15 is 0 Å². The van der Waals surface area contributed by atoms with Crippen LogP contribution in [0.4, 0.5) is 0 Å². The average Bonchev–Trinajstić information content (AvgIpc) is 2.58. The third-order valence-electron chi connectivity index (χ3n) is 4.75. The summed E-state index contributed by atoms with van der Waals surface area (Å²) in [4.78, 5) is 25.6. The Labute approximate surface area is 155 Å². The minimum Gasteiger partial charge on any atom is -0.350 e. The Bertz CT molecular complexity index is 768. The van der Waals surface area contributed by atoms with Crippen molar-refractivity contribution >= 4 is 21.8 Å². The van der Waals surface area contributed by atoms with Gasteiger partial charge in [-0.2, -0.15) is 0 Å². The predicted molar refractivity (Wildman–Crippen MR) is 99.3 cm³/mol. The molecule has 26 heavy (non-hydrogen) atoms. The van der Waals surface area contributed by atoms with Crippen molar-refractivity contribution in [2.75, 3.05) is 13.1 Å². The van der Waals surface area contributed by atoms with E-state index in [4.69, 9.17) is 0 Å². The van der Waals surface area contributed by atoms with Crippen LogP contribution in [0.25, 0.3) is 0 Å². The van der Waals surface area contributed by atoms with Gasteiger partial charge < -0.3 is 10.2 Å². The van der Waals surface area contributed by atoms with Crippen LogP contribution in [0.15, 0.2) is 29.2 Å². The van der Waals surface area contributed by atoms with Gasteiger partial charge in [0.15, 0.2) is 0 Å². The summed E-state index contributed by atoms with van der Waals surface area (Å²) in [7, 11) is -3.75. The van der Waals surface area contributed by atoms with Crippen molar-refractivity contribution in [1.29, 1.82) is 0 Å². The fraction of sp³-hybridized carbons (Fsp3) is 0.556. The summed E-state index contributed by atoms with van der Waals surface area (Å²) in [5.74, 6) is -0.201. The summed E-state index contributed by atoms with van der Waals surface area (Å²) < 4.78 is 28.0. The molecule has 0 spiro atoms. The van der Waals surface area contributed by atoms with Crippen molar-refractivity contribution in [3.8, 4) is 0 Å². The normalized spacial score (nSPS) is 19.7. The van der Waals surface area contributed by atoms with Crippen molar-refractivity contribution in [2.45, 2.75) is 57.0 Å². The van der Waals surface area contributed by atoms with Gasteiger partial charge in [0.05, 0.1) is 10.4 Å². The Morgan fingerprint density at radius 3 is 2.31 bits per heavy atom. The molecule has 1 aromatic carbocycles. The minimum absolute atomic E-state index is 0.0790. The van der Waals surface area contributed by atoms with Gasteiger partial charge in [0.2, 0.25) is 15.9 Å². The zero-order valence-corrected chi connectivity index (χ0v) is 16.5. The molecule has 1 aliphatic heterocycles. The van der Waals surface area contributed by atoms with Gasteiger partial charge in [0.1, 0.15) is 0 Å². The zero-order chi connectivity index (χ0) is 19.5. The van der Waals surface area contributed by atoms with Crippen molar-refractivity contribution < 1.29 is 18.0 Å². The summed E-state index contributed by atoms with van der Waals surface area (Å²) in [6.45, 7) is 8.58. The van der Waals surface area contributed by atoms with Crippen LogP contribution in [-0.4, -0.2) is 49.8 Å². The van der Waals surface area contributed by atoms with Crippen LogP contribution in [-0.2, 0) is 14.8 Å². The molecule has 0 aliphatic carbocycles. The zero-order valence-electron chi connectivity index (χ0n) is 15.7. The lowest BCUT2D eigenvalue weighted by molar-refractivity contribution is -0.125. The first-order valence-corrected chi connectivity index (χ1v) is 10.3. The Balaban J connectivity index is 2.17. The Morgan fingerprint density at radius 2 is 1.81 bits per heavy atom. The van der Waals surface area contributed by atoms with Crippen LogP contribution in [0.1, 0.15) is 50.9 Å². The number of hydrogen-bond donors (Lipinski definition) is 2.